The van der Waals surface area contributed by atoms with Crippen molar-refractivity contribution >= 4 is 28.0 Å². The zero-order chi connectivity index (χ0) is 20.7. The van der Waals surface area contributed by atoms with Crippen LogP contribution in [0, 0.1) is 6.92 Å². The average molecular weight is 397 g/mol. The average Bonchev–Trinajstić information content (AvgIpc) is 3.18. The lowest BCUT2D eigenvalue weighted by Gasteiger charge is -2.12. The molecule has 5 rings (SSSR count). The second-order valence-electron chi connectivity index (χ2n) is 7.16. The lowest BCUT2D eigenvalue weighted by molar-refractivity contribution is 0.516. The summed E-state index contributed by atoms with van der Waals surface area (Å²) in [5, 5.41) is 0.577. The predicted octanol–water partition coefficient (Wildman–Crippen LogP) is 3.73. The van der Waals surface area contributed by atoms with E-state index in [0.717, 1.165) is 11.1 Å². The molecule has 0 atom stereocenters. The summed E-state index contributed by atoms with van der Waals surface area (Å²) >= 11 is 0. The molecule has 7 nitrogen and oxygen atoms in total. The molecule has 148 valence electrons. The Kier molecular flexibility index (Phi) is 4.28. The van der Waals surface area contributed by atoms with Crippen molar-refractivity contribution < 1.29 is 4.42 Å². The van der Waals surface area contributed by atoms with E-state index in [-0.39, 0.29) is 5.43 Å². The molecule has 0 amide bonds. The number of hydrogen-bond donors (Lipinski definition) is 1. The molecule has 0 radical (unpaired) electrons. The molecule has 3 heterocycles. The van der Waals surface area contributed by atoms with Crippen molar-refractivity contribution in [1.29, 1.82) is 0 Å². The molecule has 5 aromatic rings. The Balaban J connectivity index is 1.64. The van der Waals surface area contributed by atoms with Crippen molar-refractivity contribution in [2.24, 2.45) is 0 Å². The molecule has 3 aromatic heterocycles. The minimum atomic E-state index is -0.0248. The van der Waals surface area contributed by atoms with E-state index < -0.39 is 0 Å². The second kappa shape index (κ2) is 7.11. The molecule has 2 aromatic carbocycles. The van der Waals surface area contributed by atoms with Crippen molar-refractivity contribution in [2.75, 3.05) is 5.73 Å². The van der Waals surface area contributed by atoms with Crippen LogP contribution in [0.15, 0.2) is 70.4 Å². The molecular weight excluding hydrogens is 378 g/mol. The number of aryl methyl sites for hydroxylation is 3. The van der Waals surface area contributed by atoms with Gasteiger partial charge in [-0.1, -0.05) is 36.4 Å². The summed E-state index contributed by atoms with van der Waals surface area (Å²) in [6.07, 6.45) is 3.60. The Bertz CT molecular complexity index is 1450. The highest BCUT2D eigenvalue weighted by molar-refractivity contribution is 5.84. The van der Waals surface area contributed by atoms with Crippen LogP contribution in [0.4, 0.5) is 5.82 Å². The number of benzene rings is 2. The monoisotopic (exact) mass is 397 g/mol. The molecule has 0 spiro atoms. The highest BCUT2D eigenvalue weighted by atomic mass is 16.3. The number of nitrogen functional groups attached to an aromatic ring is 1. The number of rotatable bonds is 4. The van der Waals surface area contributed by atoms with E-state index in [0.29, 0.717) is 52.2 Å². The lowest BCUT2D eigenvalue weighted by atomic mass is 9.97. The van der Waals surface area contributed by atoms with Gasteiger partial charge < -0.3 is 14.7 Å². The summed E-state index contributed by atoms with van der Waals surface area (Å²) in [4.78, 5) is 26.0. The first kappa shape index (κ1) is 18.1. The van der Waals surface area contributed by atoms with Gasteiger partial charge in [0.15, 0.2) is 11.5 Å². The first-order chi connectivity index (χ1) is 14.6. The van der Waals surface area contributed by atoms with Gasteiger partial charge in [0.25, 0.3) is 0 Å². The normalized spacial score (nSPS) is 11.4. The maximum atomic E-state index is 13.4. The number of para-hydroxylation sites is 1. The van der Waals surface area contributed by atoms with Gasteiger partial charge in [-0.15, -0.1) is 0 Å². The molecular formula is C23H19N5O2. The quantitative estimate of drug-likeness (QED) is 0.496. The summed E-state index contributed by atoms with van der Waals surface area (Å²) in [5.41, 5.74) is 10.2. The van der Waals surface area contributed by atoms with Gasteiger partial charge in [-0.25, -0.2) is 15.0 Å². The van der Waals surface area contributed by atoms with E-state index in [1.807, 2.05) is 54.0 Å². The SMILES string of the molecule is Cc1ccccc1-c1c(CCn2cnc3c(N)ncnc32)oc2ccccc2c1=O. The predicted molar refractivity (Wildman–Crippen MR) is 116 cm³/mol. The van der Waals surface area contributed by atoms with Crippen molar-refractivity contribution in [2.45, 2.75) is 19.9 Å². The van der Waals surface area contributed by atoms with E-state index in [4.69, 9.17) is 10.2 Å². The van der Waals surface area contributed by atoms with E-state index in [1.54, 1.807) is 12.4 Å². The van der Waals surface area contributed by atoms with Crippen LogP contribution in [0.2, 0.25) is 0 Å². The Hall–Kier alpha value is -4.00. The van der Waals surface area contributed by atoms with Crippen molar-refractivity contribution in [3.05, 3.63) is 82.7 Å². The molecule has 0 fully saturated rings. The third-order valence-electron chi connectivity index (χ3n) is 5.29. The minimum Gasteiger partial charge on any atom is -0.460 e. The zero-order valence-corrected chi connectivity index (χ0v) is 16.4. The minimum absolute atomic E-state index is 0.0248. The lowest BCUT2D eigenvalue weighted by Crippen LogP contribution is -2.12. The van der Waals surface area contributed by atoms with Crippen molar-refractivity contribution in [3.63, 3.8) is 0 Å². The van der Waals surface area contributed by atoms with Crippen LogP contribution >= 0.6 is 0 Å². The second-order valence-corrected chi connectivity index (χ2v) is 7.16. The molecule has 30 heavy (non-hydrogen) atoms. The zero-order valence-electron chi connectivity index (χ0n) is 16.4. The number of anilines is 1. The number of fused-ring (bicyclic) bond motifs is 2. The Morgan fingerprint density at radius 1 is 1.03 bits per heavy atom. The smallest absolute Gasteiger partial charge is 0.200 e. The fourth-order valence-electron chi connectivity index (χ4n) is 3.77. The van der Waals surface area contributed by atoms with Crippen molar-refractivity contribution in [3.8, 4) is 11.1 Å². The first-order valence-electron chi connectivity index (χ1n) is 9.65. The number of imidazole rings is 1. The third kappa shape index (κ3) is 2.91. The van der Waals surface area contributed by atoms with Crippen LogP contribution in [0.25, 0.3) is 33.3 Å². The van der Waals surface area contributed by atoms with Crippen LogP contribution in [0.5, 0.6) is 0 Å². The van der Waals surface area contributed by atoms with Gasteiger partial charge in [0.2, 0.25) is 5.43 Å². The van der Waals surface area contributed by atoms with E-state index in [2.05, 4.69) is 15.0 Å². The van der Waals surface area contributed by atoms with Gasteiger partial charge in [-0.2, -0.15) is 0 Å². The molecule has 0 aliphatic rings. The Morgan fingerprint density at radius 2 is 1.83 bits per heavy atom. The Morgan fingerprint density at radius 3 is 2.70 bits per heavy atom. The topological polar surface area (TPSA) is 99.8 Å². The largest absolute Gasteiger partial charge is 0.460 e. The van der Waals surface area contributed by atoms with E-state index >= 15 is 0 Å². The summed E-state index contributed by atoms with van der Waals surface area (Å²) in [6, 6.07) is 15.2. The van der Waals surface area contributed by atoms with Crippen LogP contribution in [-0.4, -0.2) is 19.5 Å². The standard InChI is InChI=1S/C23H19N5O2/c1-14-6-2-3-7-15(14)19-18(30-17-9-5-4-8-16(17)21(19)29)10-11-28-13-27-20-22(24)25-12-26-23(20)28/h2-9,12-13H,10-11H2,1H3,(H2,24,25,26). The van der Waals surface area contributed by atoms with Crippen LogP contribution in [0.3, 0.4) is 0 Å². The molecule has 2 N–H and O–H groups in total. The molecule has 7 heteroatoms. The van der Waals surface area contributed by atoms with Crippen LogP contribution in [-0.2, 0) is 13.0 Å². The van der Waals surface area contributed by atoms with Gasteiger partial charge in [-0.3, -0.25) is 4.79 Å². The molecule has 0 unspecified atom stereocenters. The molecule has 0 aliphatic carbocycles. The van der Waals surface area contributed by atoms with Gasteiger partial charge in [0.1, 0.15) is 23.2 Å². The summed E-state index contributed by atoms with van der Waals surface area (Å²) in [6.45, 7) is 2.53. The fourth-order valence-corrected chi connectivity index (χ4v) is 3.77. The summed E-state index contributed by atoms with van der Waals surface area (Å²) in [7, 11) is 0. The van der Waals surface area contributed by atoms with Crippen molar-refractivity contribution in [1.82, 2.24) is 19.5 Å². The Labute approximate surface area is 171 Å². The van der Waals surface area contributed by atoms with Gasteiger partial charge >= 0.3 is 0 Å². The molecule has 0 bridgehead atoms. The van der Waals surface area contributed by atoms with E-state index in [9.17, 15) is 4.79 Å². The molecule has 0 saturated carbocycles. The molecule has 0 aliphatic heterocycles. The van der Waals surface area contributed by atoms with Gasteiger partial charge in [0.05, 0.1) is 17.3 Å². The van der Waals surface area contributed by atoms with E-state index in [1.165, 1.54) is 6.33 Å². The number of nitrogens with zero attached hydrogens (tertiary/aromatic N) is 4. The fraction of sp³-hybridized carbons (Fsp3) is 0.130. The first-order valence-corrected chi connectivity index (χ1v) is 9.65. The van der Waals surface area contributed by atoms with Crippen LogP contribution in [0.1, 0.15) is 11.3 Å². The van der Waals surface area contributed by atoms with Crippen LogP contribution < -0.4 is 11.2 Å². The van der Waals surface area contributed by atoms with Gasteiger partial charge in [-0.05, 0) is 30.2 Å². The number of aromatic nitrogens is 4. The maximum Gasteiger partial charge on any atom is 0.200 e. The number of hydrogen-bond acceptors (Lipinski definition) is 6. The summed E-state index contributed by atoms with van der Waals surface area (Å²) < 4.78 is 8.12. The highest BCUT2D eigenvalue weighted by Gasteiger charge is 2.18. The maximum absolute atomic E-state index is 13.4. The number of nitrogens with two attached hydrogens (primary N) is 1. The highest BCUT2D eigenvalue weighted by Crippen LogP contribution is 2.28. The third-order valence-corrected chi connectivity index (χ3v) is 5.29. The molecule has 0 saturated heterocycles. The summed E-state index contributed by atoms with van der Waals surface area (Å²) in [5.74, 6) is 0.980. The van der Waals surface area contributed by atoms with Gasteiger partial charge in [0, 0.05) is 13.0 Å².